The van der Waals surface area contributed by atoms with Gasteiger partial charge in [0.1, 0.15) is 5.82 Å². The van der Waals surface area contributed by atoms with E-state index in [2.05, 4.69) is 16.5 Å². The maximum Gasteiger partial charge on any atom is 0.124 e. The third-order valence-corrected chi connectivity index (χ3v) is 2.63. The molecule has 1 heterocycles. The minimum atomic E-state index is 0.778. The summed E-state index contributed by atoms with van der Waals surface area (Å²) in [4.78, 5) is 0. The quantitative estimate of drug-likeness (QED) is 0.771. The van der Waals surface area contributed by atoms with Crippen molar-refractivity contribution in [1.82, 2.24) is 9.78 Å². The van der Waals surface area contributed by atoms with Crippen LogP contribution in [0.5, 0.6) is 0 Å². The number of nitrogen functional groups attached to an aromatic ring is 1. The number of aryl methyl sites for hydroxylation is 2. The van der Waals surface area contributed by atoms with Gasteiger partial charge in [0.25, 0.3) is 0 Å². The van der Waals surface area contributed by atoms with Crippen molar-refractivity contribution in [3.63, 3.8) is 0 Å². The van der Waals surface area contributed by atoms with Gasteiger partial charge in [0.05, 0.1) is 6.20 Å². The third kappa shape index (κ3) is 2.16. The van der Waals surface area contributed by atoms with Crippen molar-refractivity contribution in [3.05, 3.63) is 41.6 Å². The molecule has 1 aromatic heterocycles. The first-order valence-corrected chi connectivity index (χ1v) is 5.23. The van der Waals surface area contributed by atoms with Gasteiger partial charge in [0.2, 0.25) is 0 Å². The number of rotatable bonds is 3. The average molecular weight is 216 g/mol. The lowest BCUT2D eigenvalue weighted by molar-refractivity contribution is 0.769. The van der Waals surface area contributed by atoms with E-state index in [0.29, 0.717) is 0 Å². The van der Waals surface area contributed by atoms with Gasteiger partial charge in [-0.1, -0.05) is 12.1 Å². The van der Waals surface area contributed by atoms with E-state index in [9.17, 15) is 0 Å². The fraction of sp³-hybridized carbons (Fsp3) is 0.250. The van der Waals surface area contributed by atoms with E-state index in [0.717, 1.165) is 23.6 Å². The molecule has 0 unspecified atom stereocenters. The fourth-order valence-electron chi connectivity index (χ4n) is 1.59. The number of aromatic nitrogens is 2. The lowest BCUT2D eigenvalue weighted by atomic mass is 10.1. The maximum absolute atomic E-state index is 5.77. The Labute approximate surface area is 95.1 Å². The van der Waals surface area contributed by atoms with Crippen molar-refractivity contribution in [1.29, 1.82) is 0 Å². The predicted molar refractivity (Wildman–Crippen MR) is 66.1 cm³/mol. The highest BCUT2D eigenvalue weighted by Crippen LogP contribution is 2.14. The highest BCUT2D eigenvalue weighted by molar-refractivity contribution is 5.48. The summed E-state index contributed by atoms with van der Waals surface area (Å²) in [6, 6.07) is 8.02. The Bertz CT molecular complexity index is 488. The van der Waals surface area contributed by atoms with Gasteiger partial charge in [-0.15, -0.1) is 0 Å². The number of hydrogen-bond acceptors (Lipinski definition) is 3. The second-order valence-electron chi connectivity index (χ2n) is 3.88. The van der Waals surface area contributed by atoms with E-state index in [1.807, 2.05) is 36.9 Å². The van der Waals surface area contributed by atoms with E-state index in [-0.39, 0.29) is 0 Å². The Kier molecular flexibility index (Phi) is 2.81. The predicted octanol–water partition coefficient (Wildman–Crippen LogP) is 1.92. The highest BCUT2D eigenvalue weighted by Gasteiger charge is 1.99. The van der Waals surface area contributed by atoms with Crippen molar-refractivity contribution in [2.75, 3.05) is 11.1 Å². The summed E-state index contributed by atoms with van der Waals surface area (Å²) in [7, 11) is 1.91. The van der Waals surface area contributed by atoms with E-state index in [1.54, 1.807) is 6.20 Å². The van der Waals surface area contributed by atoms with E-state index < -0.39 is 0 Å². The fourth-order valence-corrected chi connectivity index (χ4v) is 1.59. The van der Waals surface area contributed by atoms with Crippen LogP contribution in [0.4, 0.5) is 11.5 Å². The SMILES string of the molecule is Cc1cc(CNc2ccnn2C)ccc1N. The van der Waals surface area contributed by atoms with Crippen LogP contribution in [0.2, 0.25) is 0 Å². The molecule has 2 aromatic rings. The molecular weight excluding hydrogens is 200 g/mol. The summed E-state index contributed by atoms with van der Waals surface area (Å²) in [6.07, 6.45) is 1.77. The van der Waals surface area contributed by atoms with Gasteiger partial charge in [0, 0.05) is 25.3 Å². The van der Waals surface area contributed by atoms with Gasteiger partial charge < -0.3 is 11.1 Å². The summed E-state index contributed by atoms with van der Waals surface area (Å²) in [5.41, 5.74) is 8.94. The van der Waals surface area contributed by atoms with Crippen molar-refractivity contribution >= 4 is 11.5 Å². The average Bonchev–Trinajstić information content (AvgIpc) is 2.66. The van der Waals surface area contributed by atoms with E-state index in [4.69, 9.17) is 5.73 Å². The van der Waals surface area contributed by atoms with Crippen LogP contribution in [0.25, 0.3) is 0 Å². The second kappa shape index (κ2) is 4.26. The number of nitrogens with zero attached hydrogens (tertiary/aromatic N) is 2. The minimum Gasteiger partial charge on any atom is -0.399 e. The monoisotopic (exact) mass is 216 g/mol. The molecule has 16 heavy (non-hydrogen) atoms. The smallest absolute Gasteiger partial charge is 0.124 e. The number of nitrogens with one attached hydrogen (secondary N) is 1. The molecule has 2 rings (SSSR count). The number of hydrogen-bond donors (Lipinski definition) is 2. The third-order valence-electron chi connectivity index (χ3n) is 2.63. The van der Waals surface area contributed by atoms with Gasteiger partial charge in [-0.2, -0.15) is 5.10 Å². The van der Waals surface area contributed by atoms with Crippen LogP contribution in [-0.4, -0.2) is 9.78 Å². The number of anilines is 2. The Hall–Kier alpha value is -1.97. The Morgan fingerprint density at radius 2 is 2.19 bits per heavy atom. The van der Waals surface area contributed by atoms with Gasteiger partial charge >= 0.3 is 0 Å². The van der Waals surface area contributed by atoms with Crippen LogP contribution in [0.1, 0.15) is 11.1 Å². The largest absolute Gasteiger partial charge is 0.399 e. The zero-order valence-electron chi connectivity index (χ0n) is 9.57. The topological polar surface area (TPSA) is 55.9 Å². The summed E-state index contributed by atoms with van der Waals surface area (Å²) in [6.45, 7) is 2.80. The first-order valence-electron chi connectivity index (χ1n) is 5.23. The maximum atomic E-state index is 5.77. The molecule has 0 radical (unpaired) electrons. The van der Waals surface area contributed by atoms with Crippen LogP contribution < -0.4 is 11.1 Å². The van der Waals surface area contributed by atoms with Gasteiger partial charge in [-0.25, -0.2) is 0 Å². The summed E-state index contributed by atoms with van der Waals surface area (Å²) < 4.78 is 1.81. The van der Waals surface area contributed by atoms with Crippen molar-refractivity contribution in [2.45, 2.75) is 13.5 Å². The van der Waals surface area contributed by atoms with Crippen molar-refractivity contribution < 1.29 is 0 Å². The molecule has 4 heteroatoms. The zero-order valence-corrected chi connectivity index (χ0v) is 9.57. The van der Waals surface area contributed by atoms with E-state index >= 15 is 0 Å². The van der Waals surface area contributed by atoms with E-state index in [1.165, 1.54) is 5.56 Å². The Morgan fingerprint density at radius 1 is 1.38 bits per heavy atom. The molecule has 0 aliphatic heterocycles. The number of nitrogens with two attached hydrogens (primary N) is 1. The Morgan fingerprint density at radius 3 is 2.81 bits per heavy atom. The summed E-state index contributed by atoms with van der Waals surface area (Å²) in [5.74, 6) is 1.01. The van der Waals surface area contributed by atoms with Crippen LogP contribution in [0.3, 0.4) is 0 Å². The van der Waals surface area contributed by atoms with Gasteiger partial charge in [-0.05, 0) is 24.1 Å². The first-order chi connectivity index (χ1) is 7.66. The molecule has 0 amide bonds. The summed E-state index contributed by atoms with van der Waals surface area (Å²) in [5, 5.41) is 7.41. The molecule has 0 spiro atoms. The lowest BCUT2D eigenvalue weighted by Gasteiger charge is -2.08. The van der Waals surface area contributed by atoms with Crippen LogP contribution in [0, 0.1) is 6.92 Å². The van der Waals surface area contributed by atoms with Crippen molar-refractivity contribution in [2.24, 2.45) is 7.05 Å². The van der Waals surface area contributed by atoms with Crippen LogP contribution >= 0.6 is 0 Å². The normalized spacial score (nSPS) is 10.4. The Balaban J connectivity index is 2.05. The van der Waals surface area contributed by atoms with Gasteiger partial charge in [0.15, 0.2) is 0 Å². The molecule has 0 saturated heterocycles. The molecule has 0 saturated carbocycles. The highest BCUT2D eigenvalue weighted by atomic mass is 15.3. The molecule has 4 nitrogen and oxygen atoms in total. The molecule has 3 N–H and O–H groups in total. The molecule has 0 aliphatic carbocycles. The standard InChI is InChI=1S/C12H16N4/c1-9-7-10(3-4-11(9)13)8-14-12-5-6-15-16(12)2/h3-7,14H,8,13H2,1-2H3. The lowest BCUT2D eigenvalue weighted by Crippen LogP contribution is -2.05. The zero-order chi connectivity index (χ0) is 11.5. The van der Waals surface area contributed by atoms with Gasteiger partial charge in [-0.3, -0.25) is 4.68 Å². The molecule has 0 bridgehead atoms. The molecule has 0 atom stereocenters. The first kappa shape index (κ1) is 10.5. The molecule has 0 fully saturated rings. The minimum absolute atomic E-state index is 0.778. The molecule has 1 aromatic carbocycles. The van der Waals surface area contributed by atoms with Crippen molar-refractivity contribution in [3.8, 4) is 0 Å². The number of benzene rings is 1. The summed E-state index contributed by atoms with van der Waals surface area (Å²) >= 11 is 0. The van der Waals surface area contributed by atoms with Crippen LogP contribution in [0.15, 0.2) is 30.5 Å². The molecular formula is C12H16N4. The van der Waals surface area contributed by atoms with Crippen LogP contribution in [-0.2, 0) is 13.6 Å². The second-order valence-corrected chi connectivity index (χ2v) is 3.88. The molecule has 0 aliphatic rings. The molecule has 84 valence electrons.